The van der Waals surface area contributed by atoms with Crippen LogP contribution in [0.1, 0.15) is 40.5 Å². The number of halogens is 1. The summed E-state index contributed by atoms with van der Waals surface area (Å²) in [6.45, 7) is 0.863. The van der Waals surface area contributed by atoms with Crippen LogP contribution in [0.15, 0.2) is 72.8 Å². The first-order valence-corrected chi connectivity index (χ1v) is 13.2. The van der Waals surface area contributed by atoms with Gasteiger partial charge in [-0.1, -0.05) is 48.0 Å². The molecule has 184 valence electrons. The van der Waals surface area contributed by atoms with Crippen molar-refractivity contribution in [1.29, 1.82) is 0 Å². The molecule has 36 heavy (non-hydrogen) atoms. The van der Waals surface area contributed by atoms with Gasteiger partial charge >= 0.3 is 5.97 Å². The number of aromatic nitrogens is 1. The lowest BCUT2D eigenvalue weighted by Gasteiger charge is -2.19. The monoisotopic (exact) mass is 519 g/mol. The number of pyridine rings is 1. The van der Waals surface area contributed by atoms with Crippen molar-refractivity contribution in [2.75, 3.05) is 12.9 Å². The van der Waals surface area contributed by atoms with E-state index in [9.17, 15) is 4.79 Å². The van der Waals surface area contributed by atoms with Crippen LogP contribution < -0.4 is 9.47 Å². The standard InChI is InChI=1S/C29H26ClNO4S/c1-33-28(32)7-4-14-36-29-24-6-3-2-5-20(24)17-35-27-13-12-23(16-25(27)29)34-18-22-11-9-19-8-10-21(30)15-26(19)31-22/h2-3,5-6,8-13,15-16,29H,4,7,14,17-18H2,1H3. The average molecular weight is 520 g/mol. The third-order valence-corrected chi connectivity index (χ3v) is 7.72. The number of thioether (sulfide) groups is 1. The molecule has 2 heterocycles. The van der Waals surface area contributed by atoms with Gasteiger partial charge < -0.3 is 14.2 Å². The summed E-state index contributed by atoms with van der Waals surface area (Å²) in [6.07, 6.45) is 1.16. The topological polar surface area (TPSA) is 57.7 Å². The summed E-state index contributed by atoms with van der Waals surface area (Å²) < 4.78 is 17.1. The molecule has 0 saturated carbocycles. The SMILES string of the molecule is COC(=O)CCCSC1c2ccccc2COc2ccc(OCc3ccc4ccc(Cl)cc4n3)cc21. The zero-order valence-electron chi connectivity index (χ0n) is 19.9. The van der Waals surface area contributed by atoms with Crippen molar-refractivity contribution >= 4 is 40.2 Å². The maximum absolute atomic E-state index is 11.6. The minimum absolute atomic E-state index is 0.0702. The summed E-state index contributed by atoms with van der Waals surface area (Å²) in [4.78, 5) is 16.3. The van der Waals surface area contributed by atoms with Crippen molar-refractivity contribution < 1.29 is 19.0 Å². The second kappa shape index (κ2) is 11.2. The van der Waals surface area contributed by atoms with Crippen molar-refractivity contribution in [3.8, 4) is 11.5 Å². The Bertz CT molecular complexity index is 1390. The van der Waals surface area contributed by atoms with Gasteiger partial charge in [-0.05, 0) is 59.7 Å². The lowest BCUT2D eigenvalue weighted by atomic mass is 10.00. The van der Waals surface area contributed by atoms with E-state index in [-0.39, 0.29) is 11.2 Å². The zero-order chi connectivity index (χ0) is 24.9. The Morgan fingerprint density at radius 1 is 1.08 bits per heavy atom. The summed E-state index contributed by atoms with van der Waals surface area (Å²) in [5.41, 5.74) is 5.14. The molecular weight excluding hydrogens is 494 g/mol. The number of carbonyl (C=O) groups is 1. The van der Waals surface area contributed by atoms with Gasteiger partial charge in [0, 0.05) is 22.4 Å². The van der Waals surface area contributed by atoms with Gasteiger partial charge in [0.15, 0.2) is 0 Å². The molecule has 7 heteroatoms. The van der Waals surface area contributed by atoms with Crippen LogP contribution in [0.2, 0.25) is 5.02 Å². The number of fused-ring (bicyclic) bond motifs is 3. The highest BCUT2D eigenvalue weighted by atomic mass is 35.5. The van der Waals surface area contributed by atoms with Gasteiger partial charge in [0.25, 0.3) is 0 Å². The largest absolute Gasteiger partial charge is 0.489 e. The van der Waals surface area contributed by atoms with E-state index in [2.05, 4.69) is 24.3 Å². The number of hydrogen-bond acceptors (Lipinski definition) is 6. The van der Waals surface area contributed by atoms with E-state index in [1.165, 1.54) is 18.2 Å². The first-order chi connectivity index (χ1) is 17.6. The Morgan fingerprint density at radius 3 is 2.83 bits per heavy atom. The molecule has 0 radical (unpaired) electrons. The minimum atomic E-state index is -0.180. The lowest BCUT2D eigenvalue weighted by molar-refractivity contribution is -0.140. The molecule has 0 spiro atoms. The van der Waals surface area contributed by atoms with Crippen LogP contribution in [-0.2, 0) is 22.7 Å². The fraction of sp³-hybridized carbons (Fsp3) is 0.241. The van der Waals surface area contributed by atoms with E-state index in [4.69, 9.17) is 30.8 Å². The van der Waals surface area contributed by atoms with Crippen LogP contribution in [0.3, 0.4) is 0 Å². The molecule has 0 fully saturated rings. The average Bonchev–Trinajstić information content (AvgIpc) is 3.06. The summed E-state index contributed by atoms with van der Waals surface area (Å²) in [6, 6.07) is 24.0. The smallest absolute Gasteiger partial charge is 0.305 e. The van der Waals surface area contributed by atoms with Gasteiger partial charge in [-0.15, -0.1) is 11.8 Å². The Morgan fingerprint density at radius 2 is 1.94 bits per heavy atom. The van der Waals surface area contributed by atoms with Crippen LogP contribution in [-0.4, -0.2) is 23.8 Å². The predicted octanol–water partition coefficient (Wildman–Crippen LogP) is 7.14. The third-order valence-electron chi connectivity index (χ3n) is 6.12. The highest BCUT2D eigenvalue weighted by molar-refractivity contribution is 7.99. The molecule has 1 aliphatic rings. The van der Waals surface area contributed by atoms with Crippen molar-refractivity contribution in [2.24, 2.45) is 0 Å². The van der Waals surface area contributed by atoms with Gasteiger partial charge in [-0.25, -0.2) is 4.98 Å². The van der Waals surface area contributed by atoms with Crippen molar-refractivity contribution in [3.63, 3.8) is 0 Å². The fourth-order valence-corrected chi connectivity index (χ4v) is 5.75. The van der Waals surface area contributed by atoms with Crippen LogP contribution in [0.5, 0.6) is 11.5 Å². The normalized spacial score (nSPS) is 14.3. The summed E-state index contributed by atoms with van der Waals surface area (Å²) in [5.74, 6) is 2.25. The zero-order valence-corrected chi connectivity index (χ0v) is 21.5. The Balaban J connectivity index is 1.37. The summed E-state index contributed by atoms with van der Waals surface area (Å²) in [5, 5.41) is 1.77. The Kier molecular flexibility index (Phi) is 7.63. The van der Waals surface area contributed by atoms with Gasteiger partial charge in [0.1, 0.15) is 24.7 Å². The Hall–Kier alpha value is -3.22. The van der Waals surface area contributed by atoms with Crippen LogP contribution in [0.4, 0.5) is 0 Å². The Labute approximate surface area is 219 Å². The maximum atomic E-state index is 11.6. The number of esters is 1. The molecule has 0 amide bonds. The van der Waals surface area contributed by atoms with Crippen molar-refractivity contribution in [2.45, 2.75) is 31.3 Å². The molecule has 1 unspecified atom stereocenters. The molecule has 1 aliphatic heterocycles. The van der Waals surface area contributed by atoms with Crippen LogP contribution >= 0.6 is 23.4 Å². The van der Waals surface area contributed by atoms with E-state index >= 15 is 0 Å². The lowest BCUT2D eigenvalue weighted by Crippen LogP contribution is -2.04. The number of ether oxygens (including phenoxy) is 3. The molecule has 4 aromatic rings. The molecule has 0 N–H and O–H groups in total. The summed E-state index contributed by atoms with van der Waals surface area (Å²) in [7, 11) is 1.43. The highest BCUT2D eigenvalue weighted by Crippen LogP contribution is 2.45. The number of carbonyl (C=O) groups excluding carboxylic acids is 1. The summed E-state index contributed by atoms with van der Waals surface area (Å²) >= 11 is 7.94. The minimum Gasteiger partial charge on any atom is -0.489 e. The molecule has 5 nitrogen and oxygen atoms in total. The van der Waals surface area contributed by atoms with Gasteiger partial charge in [0.2, 0.25) is 0 Å². The van der Waals surface area contributed by atoms with E-state index in [0.29, 0.717) is 24.7 Å². The molecule has 1 atom stereocenters. The van der Waals surface area contributed by atoms with Crippen molar-refractivity contribution in [1.82, 2.24) is 4.98 Å². The number of benzene rings is 3. The number of methoxy groups -OCH3 is 1. The molecule has 0 saturated heterocycles. The highest BCUT2D eigenvalue weighted by Gasteiger charge is 2.25. The van der Waals surface area contributed by atoms with E-state index < -0.39 is 0 Å². The van der Waals surface area contributed by atoms with Gasteiger partial charge in [0.05, 0.1) is 23.6 Å². The second-order valence-electron chi connectivity index (χ2n) is 8.55. The number of rotatable bonds is 8. The quantitative estimate of drug-likeness (QED) is 0.182. The van der Waals surface area contributed by atoms with Crippen molar-refractivity contribution in [3.05, 3.63) is 100 Å². The van der Waals surface area contributed by atoms with Crippen LogP contribution in [0.25, 0.3) is 10.9 Å². The van der Waals surface area contributed by atoms with E-state index in [1.807, 2.05) is 48.5 Å². The first kappa shape index (κ1) is 24.5. The second-order valence-corrected chi connectivity index (χ2v) is 10.2. The van der Waals surface area contributed by atoms with Gasteiger partial charge in [-0.2, -0.15) is 0 Å². The molecular formula is C29H26ClNO4S. The first-order valence-electron chi connectivity index (χ1n) is 11.8. The molecule has 0 bridgehead atoms. The maximum Gasteiger partial charge on any atom is 0.305 e. The third kappa shape index (κ3) is 5.61. The fourth-order valence-electron chi connectivity index (χ4n) is 4.27. The van der Waals surface area contributed by atoms with E-state index in [1.54, 1.807) is 11.8 Å². The predicted molar refractivity (Wildman–Crippen MR) is 144 cm³/mol. The molecule has 1 aromatic heterocycles. The van der Waals surface area contributed by atoms with E-state index in [0.717, 1.165) is 45.8 Å². The number of nitrogens with zero attached hydrogens (tertiary/aromatic N) is 1. The van der Waals surface area contributed by atoms with Gasteiger partial charge in [-0.3, -0.25) is 4.79 Å². The number of hydrogen-bond donors (Lipinski definition) is 0. The molecule has 0 aliphatic carbocycles. The van der Waals surface area contributed by atoms with Crippen LogP contribution in [0, 0.1) is 0 Å². The molecule has 5 rings (SSSR count). The molecule has 3 aromatic carbocycles.